The molecule has 0 spiro atoms. The molecule has 1 rings (SSSR count). The minimum Gasteiger partial charge on any atom is -0.508 e. The highest BCUT2D eigenvalue weighted by Gasteiger charge is 2.29. The number of nitrogens with two attached hydrogens (primary N) is 2. The second kappa shape index (κ2) is 15.1. The van der Waals surface area contributed by atoms with Crippen LogP contribution in [0.25, 0.3) is 0 Å². The van der Waals surface area contributed by atoms with Gasteiger partial charge in [-0.15, -0.1) is 0 Å². The predicted molar refractivity (Wildman–Crippen MR) is 127 cm³/mol. The second-order valence-electron chi connectivity index (χ2n) is 7.65. The maximum Gasteiger partial charge on any atom is 0.328 e. The molecular formula is C21H33N5O7S. The highest BCUT2D eigenvalue weighted by molar-refractivity contribution is 7.80. The third kappa shape index (κ3) is 9.95. The van der Waals surface area contributed by atoms with Gasteiger partial charge in [0.15, 0.2) is 0 Å². The minimum atomic E-state index is -1.55. The van der Waals surface area contributed by atoms with Crippen molar-refractivity contribution in [2.24, 2.45) is 11.5 Å². The molecule has 4 atom stereocenters. The van der Waals surface area contributed by atoms with Crippen molar-refractivity contribution in [2.45, 2.75) is 49.9 Å². The lowest BCUT2D eigenvalue weighted by Gasteiger charge is -2.24. The van der Waals surface area contributed by atoms with E-state index in [0.717, 1.165) is 0 Å². The van der Waals surface area contributed by atoms with E-state index in [9.17, 15) is 24.3 Å². The molecule has 0 radical (unpaired) electrons. The van der Waals surface area contributed by atoms with Gasteiger partial charge in [-0.25, -0.2) is 4.79 Å². The van der Waals surface area contributed by atoms with E-state index >= 15 is 0 Å². The summed E-state index contributed by atoms with van der Waals surface area (Å²) in [6, 6.07) is 1.22. The zero-order valence-corrected chi connectivity index (χ0v) is 19.5. The lowest BCUT2D eigenvalue weighted by molar-refractivity contribution is -0.143. The van der Waals surface area contributed by atoms with Gasteiger partial charge < -0.3 is 42.7 Å². The van der Waals surface area contributed by atoms with Gasteiger partial charge in [-0.1, -0.05) is 18.6 Å². The molecule has 0 bridgehead atoms. The molecule has 1 aromatic carbocycles. The number of carbonyl (C=O) groups excluding carboxylic acids is 3. The summed E-state index contributed by atoms with van der Waals surface area (Å²) >= 11 is 4.03. The molecule has 0 fully saturated rings. The number of carboxylic acids is 1. The van der Waals surface area contributed by atoms with Crippen LogP contribution in [0.2, 0.25) is 0 Å². The Balaban J connectivity index is 2.96. The summed E-state index contributed by atoms with van der Waals surface area (Å²) < 4.78 is 0. The number of phenolic OH excluding ortho intramolecular Hbond substituents is 1. The number of aliphatic carboxylic acids is 1. The van der Waals surface area contributed by atoms with Gasteiger partial charge >= 0.3 is 5.97 Å². The number of aliphatic hydroxyl groups is 1. The fourth-order valence-corrected chi connectivity index (χ4v) is 3.18. The molecule has 0 aliphatic rings. The Kier molecular flexibility index (Phi) is 13.0. The molecule has 0 saturated carbocycles. The summed E-state index contributed by atoms with van der Waals surface area (Å²) in [7, 11) is 0. The molecule has 0 aromatic heterocycles. The molecule has 34 heavy (non-hydrogen) atoms. The lowest BCUT2D eigenvalue weighted by atomic mass is 10.0. The zero-order chi connectivity index (χ0) is 25.7. The van der Waals surface area contributed by atoms with Gasteiger partial charge in [0, 0.05) is 12.2 Å². The average molecular weight is 500 g/mol. The SMILES string of the molecule is NCCCCC(N)C(=O)NC(Cc1ccc(O)cc1)C(=O)NC(CS)C(=O)NC(CO)C(=O)O. The van der Waals surface area contributed by atoms with Crippen LogP contribution in [-0.2, 0) is 25.6 Å². The number of amides is 3. The number of thiol groups is 1. The van der Waals surface area contributed by atoms with Gasteiger partial charge in [0.1, 0.15) is 23.9 Å². The number of phenols is 1. The number of unbranched alkanes of at least 4 members (excludes halogenated alkanes) is 1. The summed E-state index contributed by atoms with van der Waals surface area (Å²) in [6.45, 7) is -0.373. The van der Waals surface area contributed by atoms with Gasteiger partial charge in [-0.2, -0.15) is 12.6 Å². The Morgan fingerprint density at radius 2 is 1.47 bits per heavy atom. The number of aliphatic hydroxyl groups excluding tert-OH is 1. The van der Waals surface area contributed by atoms with Crippen LogP contribution < -0.4 is 27.4 Å². The number of carboxylic acid groups (broad SMARTS) is 1. The second-order valence-corrected chi connectivity index (χ2v) is 8.01. The van der Waals surface area contributed by atoms with E-state index in [1.54, 1.807) is 12.1 Å². The van der Waals surface area contributed by atoms with Crippen molar-refractivity contribution in [1.82, 2.24) is 16.0 Å². The first-order chi connectivity index (χ1) is 16.1. The zero-order valence-electron chi connectivity index (χ0n) is 18.6. The van der Waals surface area contributed by atoms with Crippen LogP contribution in [0.5, 0.6) is 5.75 Å². The third-order valence-electron chi connectivity index (χ3n) is 4.93. The van der Waals surface area contributed by atoms with Gasteiger partial charge in [0.05, 0.1) is 12.6 Å². The molecule has 13 heteroatoms. The smallest absolute Gasteiger partial charge is 0.328 e. The monoisotopic (exact) mass is 499 g/mol. The van der Waals surface area contributed by atoms with Crippen LogP contribution in [0.15, 0.2) is 24.3 Å². The van der Waals surface area contributed by atoms with Crippen molar-refractivity contribution in [3.8, 4) is 5.75 Å². The summed E-state index contributed by atoms with van der Waals surface area (Å²) in [6.07, 6.45) is 1.73. The van der Waals surface area contributed by atoms with E-state index in [-0.39, 0.29) is 17.9 Å². The molecule has 0 saturated heterocycles. The molecule has 0 aliphatic carbocycles. The van der Waals surface area contributed by atoms with Crippen LogP contribution in [0, 0.1) is 0 Å². The van der Waals surface area contributed by atoms with Crippen LogP contribution in [-0.4, -0.2) is 82.1 Å². The molecule has 0 heterocycles. The predicted octanol–water partition coefficient (Wildman–Crippen LogP) is -2.15. The number of rotatable bonds is 15. The number of hydrogen-bond acceptors (Lipinski definition) is 9. The summed E-state index contributed by atoms with van der Waals surface area (Å²) in [5.41, 5.74) is 12.0. The Bertz CT molecular complexity index is 824. The van der Waals surface area contributed by atoms with Crippen LogP contribution in [0.3, 0.4) is 0 Å². The van der Waals surface area contributed by atoms with Crippen LogP contribution in [0.1, 0.15) is 24.8 Å². The Labute approximate surface area is 202 Å². The highest BCUT2D eigenvalue weighted by Crippen LogP contribution is 2.12. The van der Waals surface area contributed by atoms with Crippen molar-refractivity contribution in [2.75, 3.05) is 18.9 Å². The first-order valence-corrected chi connectivity index (χ1v) is 11.3. The standard InChI is InChI=1S/C21H33N5O7S/c22-8-2-1-3-14(23)18(29)24-15(9-12-4-6-13(28)7-5-12)19(30)26-17(11-34)20(31)25-16(10-27)21(32)33/h4-7,14-17,27-28,34H,1-3,8-11,22-23H2,(H,24,29)(H,25,31)(H,26,30)(H,32,33). The van der Waals surface area contributed by atoms with E-state index in [2.05, 4.69) is 28.6 Å². The summed E-state index contributed by atoms with van der Waals surface area (Å²) in [4.78, 5) is 49.0. The minimum absolute atomic E-state index is 0.0272. The Morgan fingerprint density at radius 1 is 0.912 bits per heavy atom. The lowest BCUT2D eigenvalue weighted by Crippen LogP contribution is -2.58. The summed E-state index contributed by atoms with van der Waals surface area (Å²) in [5.74, 6) is -3.73. The van der Waals surface area contributed by atoms with Gasteiger partial charge in [0.25, 0.3) is 0 Å². The molecule has 4 unspecified atom stereocenters. The fourth-order valence-electron chi connectivity index (χ4n) is 2.92. The first kappa shape index (κ1) is 29.2. The normalized spacial score (nSPS) is 14.4. The Hall–Kier alpha value is -2.87. The molecular weight excluding hydrogens is 466 g/mol. The van der Waals surface area contributed by atoms with Crippen molar-refractivity contribution < 1.29 is 34.5 Å². The molecule has 1 aromatic rings. The Morgan fingerprint density at radius 3 is 2.00 bits per heavy atom. The molecule has 12 nitrogen and oxygen atoms in total. The van der Waals surface area contributed by atoms with Crippen molar-refractivity contribution in [3.63, 3.8) is 0 Å². The maximum absolute atomic E-state index is 13.0. The van der Waals surface area contributed by atoms with Gasteiger partial charge in [-0.05, 0) is 37.1 Å². The fraction of sp³-hybridized carbons (Fsp3) is 0.524. The number of carbonyl (C=O) groups is 4. The quantitative estimate of drug-likeness (QED) is 0.0948. The molecule has 0 aliphatic heterocycles. The number of benzene rings is 1. The van der Waals surface area contributed by atoms with E-state index in [1.807, 2.05) is 0 Å². The third-order valence-corrected chi connectivity index (χ3v) is 5.29. The van der Waals surface area contributed by atoms with Crippen LogP contribution in [0.4, 0.5) is 0 Å². The largest absolute Gasteiger partial charge is 0.508 e. The van der Waals surface area contributed by atoms with Crippen molar-refractivity contribution in [3.05, 3.63) is 29.8 Å². The van der Waals surface area contributed by atoms with E-state index < -0.39 is 54.5 Å². The van der Waals surface area contributed by atoms with E-state index in [0.29, 0.717) is 31.4 Å². The van der Waals surface area contributed by atoms with Crippen molar-refractivity contribution in [1.29, 1.82) is 0 Å². The highest BCUT2D eigenvalue weighted by atomic mass is 32.1. The molecule has 10 N–H and O–H groups in total. The number of aromatic hydroxyl groups is 1. The first-order valence-electron chi connectivity index (χ1n) is 10.7. The number of hydrogen-bond donors (Lipinski definition) is 9. The van der Waals surface area contributed by atoms with E-state index in [4.69, 9.17) is 21.7 Å². The van der Waals surface area contributed by atoms with Crippen LogP contribution >= 0.6 is 12.6 Å². The topological polar surface area (TPSA) is 217 Å². The van der Waals surface area contributed by atoms with E-state index in [1.165, 1.54) is 12.1 Å². The number of nitrogens with one attached hydrogen (secondary N) is 3. The van der Waals surface area contributed by atoms with Gasteiger partial charge in [-0.3, -0.25) is 14.4 Å². The summed E-state index contributed by atoms with van der Waals surface area (Å²) in [5, 5.41) is 34.7. The molecule has 3 amide bonds. The van der Waals surface area contributed by atoms with Crippen molar-refractivity contribution >= 4 is 36.3 Å². The maximum atomic E-state index is 13.0. The van der Waals surface area contributed by atoms with Gasteiger partial charge in [0.2, 0.25) is 17.7 Å². The average Bonchev–Trinajstić information content (AvgIpc) is 2.81. The molecule has 190 valence electrons.